The minimum Gasteiger partial charge on any atom is -0.301 e. The van der Waals surface area contributed by atoms with Crippen LogP contribution in [0.5, 0.6) is 0 Å². The first-order chi connectivity index (χ1) is 5.27. The molecule has 2 aromatic rings. The summed E-state index contributed by atoms with van der Waals surface area (Å²) in [5.74, 6) is 0. The summed E-state index contributed by atoms with van der Waals surface area (Å²) in [6.07, 6.45) is 5.05. The van der Waals surface area contributed by atoms with Crippen LogP contribution in [0.25, 0.3) is 5.65 Å². The molecule has 3 nitrogen and oxygen atoms in total. The third-order valence-corrected chi connectivity index (χ3v) is 1.74. The van der Waals surface area contributed by atoms with Crippen LogP contribution in [0.15, 0.2) is 18.6 Å². The molecule has 0 radical (unpaired) electrons. The zero-order valence-corrected chi connectivity index (χ0v) is 8.07. The lowest BCUT2D eigenvalue weighted by Crippen LogP contribution is -1.87. The molecule has 2 heterocycles. The second kappa shape index (κ2) is 3.47. The fraction of sp³-hybridized carbons (Fsp3) is 0. The molecule has 0 aliphatic rings. The van der Waals surface area contributed by atoms with Crippen molar-refractivity contribution in [3.05, 3.63) is 28.9 Å². The van der Waals surface area contributed by atoms with Crippen LogP contribution in [0, 0.1) is 0 Å². The van der Waals surface area contributed by atoms with Crippen LogP contribution in [-0.4, -0.2) is 14.4 Å². The minimum atomic E-state index is 0. The van der Waals surface area contributed by atoms with E-state index in [1.807, 2.05) is 0 Å². The molecular weight excluding hydrogens is 220 g/mol. The maximum Gasteiger partial charge on any atom is 0.174 e. The number of hydrogen-bond acceptors (Lipinski definition) is 2. The summed E-state index contributed by atoms with van der Waals surface area (Å²) >= 11 is 11.4. The largest absolute Gasteiger partial charge is 0.301 e. The molecule has 0 saturated carbocycles. The highest BCUT2D eigenvalue weighted by atomic mass is 35.5. The summed E-state index contributed by atoms with van der Waals surface area (Å²) in [6, 6.07) is 0. The molecule has 0 aliphatic carbocycles. The van der Waals surface area contributed by atoms with Crippen molar-refractivity contribution in [2.45, 2.75) is 0 Å². The topological polar surface area (TPSA) is 30.2 Å². The predicted molar refractivity (Wildman–Crippen MR) is 50.3 cm³/mol. The van der Waals surface area contributed by atoms with E-state index in [-0.39, 0.29) is 12.4 Å². The Labute approximate surface area is 84.7 Å². The van der Waals surface area contributed by atoms with Crippen LogP contribution in [0.2, 0.25) is 10.3 Å². The second-order valence-electron chi connectivity index (χ2n) is 2.01. The Morgan fingerprint density at radius 3 is 2.83 bits per heavy atom. The van der Waals surface area contributed by atoms with Crippen molar-refractivity contribution in [1.29, 1.82) is 0 Å². The Kier molecular flexibility index (Phi) is 2.77. The lowest BCUT2D eigenvalue weighted by atomic mass is 10.7. The Hall–Kier alpha value is -0.510. The number of rotatable bonds is 0. The molecule has 0 aliphatic heterocycles. The fourth-order valence-corrected chi connectivity index (χ4v) is 1.33. The van der Waals surface area contributed by atoms with Crippen molar-refractivity contribution in [1.82, 2.24) is 14.4 Å². The van der Waals surface area contributed by atoms with Gasteiger partial charge >= 0.3 is 0 Å². The van der Waals surface area contributed by atoms with Crippen molar-refractivity contribution in [2.24, 2.45) is 0 Å². The Balaban J connectivity index is 0.000000720. The standard InChI is InChI=1S/C6H3Cl2N3.ClH/c7-4-3-11-2-1-9-6(11)5(8)10-4;/h1-3H;1H. The molecule has 0 atom stereocenters. The molecule has 64 valence electrons. The van der Waals surface area contributed by atoms with Gasteiger partial charge in [-0.1, -0.05) is 23.2 Å². The number of aromatic nitrogens is 3. The van der Waals surface area contributed by atoms with Gasteiger partial charge in [-0.3, -0.25) is 0 Å². The molecule has 0 bridgehead atoms. The number of halogens is 3. The molecule has 6 heteroatoms. The molecule has 0 amide bonds. The monoisotopic (exact) mass is 223 g/mol. The van der Waals surface area contributed by atoms with E-state index in [4.69, 9.17) is 23.2 Å². The third-order valence-electron chi connectivity index (χ3n) is 1.30. The van der Waals surface area contributed by atoms with E-state index in [0.717, 1.165) is 0 Å². The number of hydrogen-bond donors (Lipinski definition) is 0. The zero-order valence-electron chi connectivity index (χ0n) is 5.74. The van der Waals surface area contributed by atoms with E-state index in [0.29, 0.717) is 16.0 Å². The quantitative estimate of drug-likeness (QED) is 0.688. The van der Waals surface area contributed by atoms with Crippen LogP contribution in [0.1, 0.15) is 0 Å². The van der Waals surface area contributed by atoms with Crippen LogP contribution in [0.4, 0.5) is 0 Å². The molecule has 0 saturated heterocycles. The SMILES string of the molecule is Cl.Clc1cn2ccnc2c(Cl)n1. The van der Waals surface area contributed by atoms with E-state index in [2.05, 4.69) is 9.97 Å². The maximum atomic E-state index is 5.72. The van der Waals surface area contributed by atoms with Gasteiger partial charge in [0, 0.05) is 18.6 Å². The molecule has 2 aromatic heterocycles. The first kappa shape index (κ1) is 9.58. The summed E-state index contributed by atoms with van der Waals surface area (Å²) < 4.78 is 1.72. The molecule has 0 unspecified atom stereocenters. The summed E-state index contributed by atoms with van der Waals surface area (Å²) in [6.45, 7) is 0. The van der Waals surface area contributed by atoms with Crippen LogP contribution in [0.3, 0.4) is 0 Å². The molecular formula is C6H4Cl3N3. The highest BCUT2D eigenvalue weighted by molar-refractivity contribution is 6.34. The highest BCUT2D eigenvalue weighted by Gasteiger charge is 2.01. The van der Waals surface area contributed by atoms with Crippen LogP contribution < -0.4 is 0 Å². The van der Waals surface area contributed by atoms with Crippen molar-refractivity contribution in [3.63, 3.8) is 0 Å². The Bertz CT molecular complexity index is 398. The molecule has 0 aromatic carbocycles. The Morgan fingerprint density at radius 2 is 2.08 bits per heavy atom. The van der Waals surface area contributed by atoms with Gasteiger partial charge in [0.15, 0.2) is 10.8 Å². The lowest BCUT2D eigenvalue weighted by Gasteiger charge is -1.94. The summed E-state index contributed by atoms with van der Waals surface area (Å²) in [7, 11) is 0. The van der Waals surface area contributed by atoms with Gasteiger partial charge in [0.05, 0.1) is 0 Å². The van der Waals surface area contributed by atoms with E-state index in [9.17, 15) is 0 Å². The van der Waals surface area contributed by atoms with E-state index >= 15 is 0 Å². The highest BCUT2D eigenvalue weighted by Crippen LogP contribution is 2.15. The van der Waals surface area contributed by atoms with Crippen molar-refractivity contribution in [2.75, 3.05) is 0 Å². The van der Waals surface area contributed by atoms with Gasteiger partial charge in [0.2, 0.25) is 0 Å². The number of imidazole rings is 1. The molecule has 2 rings (SSSR count). The summed E-state index contributed by atoms with van der Waals surface area (Å²) in [4.78, 5) is 7.79. The first-order valence-electron chi connectivity index (χ1n) is 2.92. The minimum absolute atomic E-state index is 0. The van der Waals surface area contributed by atoms with Gasteiger partial charge in [0.25, 0.3) is 0 Å². The normalized spacial score (nSPS) is 9.83. The van der Waals surface area contributed by atoms with Crippen molar-refractivity contribution < 1.29 is 0 Å². The second-order valence-corrected chi connectivity index (χ2v) is 2.76. The van der Waals surface area contributed by atoms with Gasteiger partial charge in [0.1, 0.15) is 5.15 Å². The Morgan fingerprint density at radius 1 is 1.33 bits per heavy atom. The van der Waals surface area contributed by atoms with Crippen LogP contribution >= 0.6 is 35.6 Å². The molecule has 12 heavy (non-hydrogen) atoms. The average Bonchev–Trinajstić information content (AvgIpc) is 2.34. The van der Waals surface area contributed by atoms with Gasteiger partial charge in [-0.2, -0.15) is 0 Å². The van der Waals surface area contributed by atoms with Gasteiger partial charge < -0.3 is 4.40 Å². The summed E-state index contributed by atoms with van der Waals surface area (Å²) in [5, 5.41) is 0.683. The van der Waals surface area contributed by atoms with Gasteiger partial charge in [-0.25, -0.2) is 9.97 Å². The van der Waals surface area contributed by atoms with Crippen LogP contribution in [-0.2, 0) is 0 Å². The van der Waals surface area contributed by atoms with E-state index in [1.54, 1.807) is 23.0 Å². The predicted octanol–water partition coefficient (Wildman–Crippen LogP) is 2.46. The van der Waals surface area contributed by atoms with Crippen molar-refractivity contribution in [3.8, 4) is 0 Å². The smallest absolute Gasteiger partial charge is 0.174 e. The fourth-order valence-electron chi connectivity index (χ4n) is 0.864. The van der Waals surface area contributed by atoms with E-state index in [1.165, 1.54) is 0 Å². The van der Waals surface area contributed by atoms with E-state index < -0.39 is 0 Å². The molecule has 0 N–H and O–H groups in total. The molecule has 0 fully saturated rings. The lowest BCUT2D eigenvalue weighted by molar-refractivity contribution is 1.13. The third kappa shape index (κ3) is 1.48. The molecule has 0 spiro atoms. The van der Waals surface area contributed by atoms with Gasteiger partial charge in [-0.05, 0) is 0 Å². The summed E-state index contributed by atoms with van der Waals surface area (Å²) in [5.41, 5.74) is 0.621. The zero-order chi connectivity index (χ0) is 7.84. The number of fused-ring (bicyclic) bond motifs is 1. The first-order valence-corrected chi connectivity index (χ1v) is 3.67. The van der Waals surface area contributed by atoms with Crippen molar-refractivity contribution >= 4 is 41.3 Å². The number of nitrogens with zero attached hydrogens (tertiary/aromatic N) is 3. The van der Waals surface area contributed by atoms with Gasteiger partial charge in [-0.15, -0.1) is 12.4 Å². The maximum absolute atomic E-state index is 5.72. The average molecular weight is 224 g/mol.